The van der Waals surface area contributed by atoms with Crippen molar-refractivity contribution in [2.24, 2.45) is 10.9 Å². The lowest BCUT2D eigenvalue weighted by atomic mass is 10.0. The average Bonchev–Trinajstić information content (AvgIpc) is 2.53. The second-order valence-electron chi connectivity index (χ2n) is 5.26. The molecule has 6 nitrogen and oxygen atoms in total. The molecule has 0 aromatic carbocycles. The van der Waals surface area contributed by atoms with E-state index in [2.05, 4.69) is 15.6 Å². The molecule has 0 spiro atoms. The second kappa shape index (κ2) is 12.9. The Labute approximate surface area is 128 Å². The summed E-state index contributed by atoms with van der Waals surface area (Å²) >= 11 is 0. The van der Waals surface area contributed by atoms with Gasteiger partial charge < -0.3 is 24.8 Å². The first-order valence-corrected chi connectivity index (χ1v) is 7.95. The highest BCUT2D eigenvalue weighted by Gasteiger charge is 2.13. The van der Waals surface area contributed by atoms with Gasteiger partial charge in [0.25, 0.3) is 0 Å². The van der Waals surface area contributed by atoms with Crippen LogP contribution in [-0.4, -0.2) is 66.2 Å². The molecule has 1 heterocycles. The summed E-state index contributed by atoms with van der Waals surface area (Å²) < 4.78 is 16.1. The maximum atomic E-state index is 5.73. The van der Waals surface area contributed by atoms with Gasteiger partial charge in [-0.3, -0.25) is 4.99 Å². The topological polar surface area (TPSA) is 64.1 Å². The summed E-state index contributed by atoms with van der Waals surface area (Å²) in [5.74, 6) is 1.53. The third kappa shape index (κ3) is 9.66. The Morgan fingerprint density at radius 2 is 1.81 bits per heavy atom. The van der Waals surface area contributed by atoms with Gasteiger partial charge in [-0.05, 0) is 31.6 Å². The monoisotopic (exact) mass is 301 g/mol. The van der Waals surface area contributed by atoms with Crippen LogP contribution in [0, 0.1) is 5.92 Å². The molecule has 0 aliphatic carbocycles. The molecule has 0 amide bonds. The number of aliphatic imine (C=N–C) groups is 1. The van der Waals surface area contributed by atoms with Crippen LogP contribution in [-0.2, 0) is 14.2 Å². The van der Waals surface area contributed by atoms with Crippen molar-refractivity contribution in [3.8, 4) is 0 Å². The van der Waals surface area contributed by atoms with E-state index in [9.17, 15) is 0 Å². The third-order valence-corrected chi connectivity index (χ3v) is 3.49. The van der Waals surface area contributed by atoms with E-state index in [1.807, 2.05) is 0 Å². The van der Waals surface area contributed by atoms with Crippen molar-refractivity contribution in [1.82, 2.24) is 10.6 Å². The number of methoxy groups -OCH3 is 1. The molecule has 0 bridgehead atoms. The minimum absolute atomic E-state index is 0.682. The fraction of sp³-hybridized carbons (Fsp3) is 0.933. The Morgan fingerprint density at radius 3 is 2.43 bits per heavy atom. The van der Waals surface area contributed by atoms with Gasteiger partial charge in [0.05, 0.1) is 0 Å². The Balaban J connectivity index is 1.91. The van der Waals surface area contributed by atoms with E-state index in [0.29, 0.717) is 5.92 Å². The Kier molecular flexibility index (Phi) is 11.1. The summed E-state index contributed by atoms with van der Waals surface area (Å²) in [7, 11) is 3.50. The molecule has 0 aromatic rings. The van der Waals surface area contributed by atoms with E-state index in [4.69, 9.17) is 14.2 Å². The van der Waals surface area contributed by atoms with Crippen molar-refractivity contribution in [1.29, 1.82) is 0 Å². The second-order valence-corrected chi connectivity index (χ2v) is 5.26. The molecule has 21 heavy (non-hydrogen) atoms. The number of ether oxygens (including phenoxy) is 3. The molecular weight excluding hydrogens is 270 g/mol. The van der Waals surface area contributed by atoms with Crippen molar-refractivity contribution in [2.45, 2.75) is 25.7 Å². The highest BCUT2D eigenvalue weighted by molar-refractivity contribution is 5.79. The minimum Gasteiger partial charge on any atom is -0.385 e. The molecule has 0 aromatic heterocycles. The lowest BCUT2D eigenvalue weighted by Crippen LogP contribution is -2.38. The van der Waals surface area contributed by atoms with Gasteiger partial charge >= 0.3 is 0 Å². The van der Waals surface area contributed by atoms with E-state index in [0.717, 1.165) is 77.8 Å². The molecule has 1 saturated heterocycles. The average molecular weight is 301 g/mol. The van der Waals surface area contributed by atoms with Crippen molar-refractivity contribution in [2.75, 3.05) is 60.3 Å². The zero-order valence-corrected chi connectivity index (χ0v) is 13.5. The van der Waals surface area contributed by atoms with Crippen LogP contribution in [0.25, 0.3) is 0 Å². The first-order chi connectivity index (χ1) is 10.4. The molecule has 1 rings (SSSR count). The van der Waals surface area contributed by atoms with Gasteiger partial charge in [-0.1, -0.05) is 0 Å². The van der Waals surface area contributed by atoms with Crippen molar-refractivity contribution < 1.29 is 14.2 Å². The zero-order chi connectivity index (χ0) is 15.2. The van der Waals surface area contributed by atoms with E-state index >= 15 is 0 Å². The summed E-state index contributed by atoms with van der Waals surface area (Å²) in [6, 6.07) is 0. The van der Waals surface area contributed by atoms with Gasteiger partial charge in [0.2, 0.25) is 0 Å². The number of hydrogen-bond acceptors (Lipinski definition) is 4. The molecular formula is C15H31N3O3. The fourth-order valence-corrected chi connectivity index (χ4v) is 2.19. The van der Waals surface area contributed by atoms with Crippen LogP contribution in [0.2, 0.25) is 0 Å². The summed E-state index contributed by atoms with van der Waals surface area (Å²) in [4.78, 5) is 4.18. The van der Waals surface area contributed by atoms with Crippen LogP contribution in [0.5, 0.6) is 0 Å². The van der Waals surface area contributed by atoms with Gasteiger partial charge in [-0.2, -0.15) is 0 Å². The van der Waals surface area contributed by atoms with Crippen molar-refractivity contribution in [3.63, 3.8) is 0 Å². The smallest absolute Gasteiger partial charge is 0.190 e. The molecule has 0 saturated carbocycles. The van der Waals surface area contributed by atoms with Crippen LogP contribution in [0.4, 0.5) is 0 Å². The molecule has 1 aliphatic heterocycles. The molecule has 6 heteroatoms. The predicted octanol–water partition coefficient (Wildman–Crippen LogP) is 1.02. The molecule has 124 valence electrons. The predicted molar refractivity (Wildman–Crippen MR) is 84.8 cm³/mol. The SMILES string of the molecule is CN=C(NCCCOC)NCCCOCC1CCOCC1. The van der Waals surface area contributed by atoms with Crippen LogP contribution in [0.3, 0.4) is 0 Å². The molecule has 2 N–H and O–H groups in total. The molecule has 1 fully saturated rings. The molecule has 0 radical (unpaired) electrons. The Hall–Kier alpha value is -0.850. The zero-order valence-electron chi connectivity index (χ0n) is 13.5. The van der Waals surface area contributed by atoms with Crippen LogP contribution < -0.4 is 10.6 Å². The third-order valence-electron chi connectivity index (χ3n) is 3.49. The number of nitrogens with zero attached hydrogens (tertiary/aromatic N) is 1. The maximum absolute atomic E-state index is 5.73. The molecule has 1 aliphatic rings. The van der Waals surface area contributed by atoms with Gasteiger partial charge in [0.15, 0.2) is 5.96 Å². The fourth-order valence-electron chi connectivity index (χ4n) is 2.19. The van der Waals surface area contributed by atoms with Crippen LogP contribution >= 0.6 is 0 Å². The van der Waals surface area contributed by atoms with E-state index < -0.39 is 0 Å². The Bertz CT molecular complexity index is 269. The van der Waals surface area contributed by atoms with Crippen LogP contribution in [0.15, 0.2) is 4.99 Å². The molecule has 0 atom stereocenters. The number of hydrogen-bond donors (Lipinski definition) is 2. The van der Waals surface area contributed by atoms with Gasteiger partial charge in [0.1, 0.15) is 0 Å². The number of guanidine groups is 1. The Morgan fingerprint density at radius 1 is 1.14 bits per heavy atom. The summed E-state index contributed by atoms with van der Waals surface area (Å²) in [6.45, 7) is 5.95. The largest absolute Gasteiger partial charge is 0.385 e. The minimum atomic E-state index is 0.682. The lowest BCUT2D eigenvalue weighted by molar-refractivity contribution is 0.0203. The van der Waals surface area contributed by atoms with Crippen molar-refractivity contribution in [3.05, 3.63) is 0 Å². The van der Waals surface area contributed by atoms with Gasteiger partial charge in [-0.25, -0.2) is 0 Å². The number of nitrogens with one attached hydrogen (secondary N) is 2. The maximum Gasteiger partial charge on any atom is 0.190 e. The lowest BCUT2D eigenvalue weighted by Gasteiger charge is -2.21. The van der Waals surface area contributed by atoms with E-state index in [-0.39, 0.29) is 0 Å². The highest BCUT2D eigenvalue weighted by atomic mass is 16.5. The van der Waals surface area contributed by atoms with E-state index in [1.165, 1.54) is 0 Å². The van der Waals surface area contributed by atoms with Crippen LogP contribution in [0.1, 0.15) is 25.7 Å². The standard InChI is InChI=1S/C15H31N3O3/c1-16-15(17-7-3-9-19-2)18-8-4-10-21-13-14-5-11-20-12-6-14/h14H,3-13H2,1-2H3,(H2,16,17,18). The van der Waals surface area contributed by atoms with E-state index in [1.54, 1.807) is 14.2 Å². The molecule has 0 unspecified atom stereocenters. The summed E-state index contributed by atoms with van der Waals surface area (Å²) in [6.07, 6.45) is 4.24. The normalized spacial score (nSPS) is 17.0. The van der Waals surface area contributed by atoms with Gasteiger partial charge in [0, 0.05) is 60.3 Å². The summed E-state index contributed by atoms with van der Waals surface area (Å²) in [5.41, 5.74) is 0. The van der Waals surface area contributed by atoms with Crippen molar-refractivity contribution >= 4 is 5.96 Å². The quantitative estimate of drug-likeness (QED) is 0.358. The first-order valence-electron chi connectivity index (χ1n) is 7.95. The van der Waals surface area contributed by atoms with Gasteiger partial charge in [-0.15, -0.1) is 0 Å². The highest BCUT2D eigenvalue weighted by Crippen LogP contribution is 2.14. The number of rotatable bonds is 10. The summed E-state index contributed by atoms with van der Waals surface area (Å²) in [5, 5.41) is 6.53. The first kappa shape index (κ1) is 18.2.